The second kappa shape index (κ2) is 9.65. The Kier molecular flexibility index (Phi) is 5.80. The van der Waals surface area contributed by atoms with Gasteiger partial charge in [0.1, 0.15) is 15.5 Å². The second-order valence-corrected chi connectivity index (χ2v) is 10.4. The van der Waals surface area contributed by atoms with Gasteiger partial charge in [0.2, 0.25) is 5.69 Å². The number of rotatable bonds is 5. The fraction of sp³-hybridized carbons (Fsp3) is 0. The molecule has 0 unspecified atom stereocenters. The van der Waals surface area contributed by atoms with Crippen molar-refractivity contribution in [3.8, 4) is 34.0 Å². The lowest BCUT2D eigenvalue weighted by molar-refractivity contribution is -0.672. The molecule has 4 aromatic carbocycles. The van der Waals surface area contributed by atoms with E-state index in [0.717, 1.165) is 32.4 Å². The number of halogens is 1. The first kappa shape index (κ1) is 24.6. The van der Waals surface area contributed by atoms with Crippen LogP contribution in [0.15, 0.2) is 108 Å². The maximum atomic E-state index is 14.4. The van der Waals surface area contributed by atoms with Gasteiger partial charge in [-0.3, -0.25) is 4.79 Å². The van der Waals surface area contributed by atoms with Crippen LogP contribution in [0.3, 0.4) is 0 Å². The fourth-order valence-corrected chi connectivity index (χ4v) is 6.11. The van der Waals surface area contributed by atoms with Crippen LogP contribution in [0.2, 0.25) is 0 Å². The SMILES string of the molecule is Nc1c(C(=O)c2c([O-])on[n+]2-c2ccccc2)sc2nc(-c3cccc4ccccc34)cc(-c3cccc(F)c3)c12. The van der Waals surface area contributed by atoms with Gasteiger partial charge in [0.05, 0.1) is 16.7 Å². The van der Waals surface area contributed by atoms with Crippen molar-refractivity contribution in [3.05, 3.63) is 120 Å². The summed E-state index contributed by atoms with van der Waals surface area (Å²) in [5.41, 5.74) is 9.70. The van der Waals surface area contributed by atoms with E-state index in [1.54, 1.807) is 42.5 Å². The number of hydrogen-bond acceptors (Lipinski definition) is 7. The van der Waals surface area contributed by atoms with Gasteiger partial charge in [-0.2, -0.15) is 0 Å². The standard InChI is InChI=1S/C32H19FN4O3S/c33-20-11-6-10-19(16-20)24-17-25(23-15-7-9-18-8-4-5-14-22(18)23)35-31-26(24)27(34)30(41-31)29(38)28-32(39)40-36-37(28)21-12-2-1-3-13-21/h1-17H,(H2-,34,36,38,39). The van der Waals surface area contributed by atoms with Gasteiger partial charge >= 0.3 is 5.69 Å². The second-order valence-electron chi connectivity index (χ2n) is 9.40. The van der Waals surface area contributed by atoms with E-state index in [4.69, 9.17) is 15.2 Å². The minimum Gasteiger partial charge on any atom is -0.539 e. The molecule has 41 heavy (non-hydrogen) atoms. The molecule has 7 aromatic rings. The van der Waals surface area contributed by atoms with Gasteiger partial charge in [0, 0.05) is 23.1 Å². The molecule has 3 aromatic heterocycles. The summed E-state index contributed by atoms with van der Waals surface area (Å²) in [6, 6.07) is 30.7. The summed E-state index contributed by atoms with van der Waals surface area (Å²) in [5, 5.41) is 19.0. The van der Waals surface area contributed by atoms with Gasteiger partial charge < -0.3 is 15.4 Å². The lowest BCUT2D eigenvalue weighted by atomic mass is 9.97. The Labute approximate surface area is 236 Å². The number of aromatic nitrogens is 3. The molecule has 2 N–H and O–H groups in total. The largest absolute Gasteiger partial charge is 0.539 e. The number of fused-ring (bicyclic) bond motifs is 2. The number of pyridine rings is 1. The van der Waals surface area contributed by atoms with Crippen LogP contribution in [0.5, 0.6) is 5.95 Å². The van der Waals surface area contributed by atoms with E-state index in [-0.39, 0.29) is 16.3 Å². The van der Waals surface area contributed by atoms with Crippen molar-refractivity contribution in [3.63, 3.8) is 0 Å². The number of para-hydroxylation sites is 1. The molecular formula is C32H19FN4O3S. The molecule has 0 radical (unpaired) electrons. The number of benzene rings is 4. The molecule has 7 nitrogen and oxygen atoms in total. The summed E-state index contributed by atoms with van der Waals surface area (Å²) in [6.07, 6.45) is 0. The van der Waals surface area contributed by atoms with Gasteiger partial charge in [-0.25, -0.2) is 9.37 Å². The van der Waals surface area contributed by atoms with Gasteiger partial charge in [0.15, 0.2) is 5.95 Å². The Bertz CT molecular complexity index is 2120. The molecule has 0 aliphatic heterocycles. The summed E-state index contributed by atoms with van der Waals surface area (Å²) in [7, 11) is 0. The maximum absolute atomic E-state index is 14.4. The van der Waals surface area contributed by atoms with E-state index in [2.05, 4.69) is 5.27 Å². The van der Waals surface area contributed by atoms with E-state index < -0.39 is 17.5 Å². The molecule has 9 heteroatoms. The van der Waals surface area contributed by atoms with E-state index >= 15 is 0 Å². The molecule has 0 aliphatic rings. The van der Waals surface area contributed by atoms with Gasteiger partial charge in [-0.05, 0) is 44.8 Å². The number of carbonyl (C=O) groups is 1. The summed E-state index contributed by atoms with van der Waals surface area (Å²) >= 11 is 1.07. The van der Waals surface area contributed by atoms with Crippen molar-refractivity contribution < 1.29 is 23.5 Å². The summed E-state index contributed by atoms with van der Waals surface area (Å²) in [6.45, 7) is 0. The van der Waals surface area contributed by atoms with Gasteiger partial charge in [-0.1, -0.05) is 72.8 Å². The Balaban J connectivity index is 1.48. The molecule has 198 valence electrons. The Morgan fingerprint density at radius 3 is 2.49 bits per heavy atom. The number of nitrogen functional groups attached to an aromatic ring is 1. The predicted molar refractivity (Wildman–Crippen MR) is 153 cm³/mol. The lowest BCUT2D eigenvalue weighted by Gasteiger charge is -2.11. The third-order valence-electron chi connectivity index (χ3n) is 6.93. The fourth-order valence-electron chi connectivity index (χ4n) is 5.05. The minimum absolute atomic E-state index is 0.116. The zero-order chi connectivity index (χ0) is 28.1. The van der Waals surface area contributed by atoms with Crippen LogP contribution >= 0.6 is 11.3 Å². The number of hydrogen-bond donors (Lipinski definition) is 1. The molecule has 0 bridgehead atoms. The summed E-state index contributed by atoms with van der Waals surface area (Å²) in [4.78, 5) is 19.4. The van der Waals surface area contributed by atoms with E-state index in [1.807, 2.05) is 48.5 Å². The zero-order valence-corrected chi connectivity index (χ0v) is 22.1. The number of nitrogens with zero attached hydrogens (tertiary/aromatic N) is 3. The van der Waals surface area contributed by atoms with Crippen molar-refractivity contribution in [2.45, 2.75) is 0 Å². The molecule has 0 saturated heterocycles. The molecule has 0 atom stereocenters. The monoisotopic (exact) mass is 558 g/mol. The zero-order valence-electron chi connectivity index (χ0n) is 21.2. The molecule has 0 spiro atoms. The van der Waals surface area contributed by atoms with Crippen molar-refractivity contribution in [2.24, 2.45) is 0 Å². The average molecular weight is 559 g/mol. The molecular weight excluding hydrogens is 539 g/mol. The molecule has 7 rings (SSSR count). The van der Waals surface area contributed by atoms with Crippen molar-refractivity contribution >= 4 is 43.8 Å². The topological polar surface area (TPSA) is 109 Å². The highest BCUT2D eigenvalue weighted by Gasteiger charge is 2.33. The highest BCUT2D eigenvalue weighted by Crippen LogP contribution is 2.43. The third-order valence-corrected chi connectivity index (χ3v) is 8.03. The normalized spacial score (nSPS) is 11.3. The van der Waals surface area contributed by atoms with Crippen LogP contribution < -0.4 is 15.5 Å². The summed E-state index contributed by atoms with van der Waals surface area (Å²) in [5.74, 6) is -1.93. The van der Waals surface area contributed by atoms with Crippen LogP contribution in [0.1, 0.15) is 15.4 Å². The van der Waals surface area contributed by atoms with Crippen molar-refractivity contribution in [1.29, 1.82) is 0 Å². The Morgan fingerprint density at radius 2 is 1.66 bits per heavy atom. The first-order valence-electron chi connectivity index (χ1n) is 12.7. The molecule has 0 aliphatic carbocycles. The van der Waals surface area contributed by atoms with E-state index in [0.29, 0.717) is 32.7 Å². The van der Waals surface area contributed by atoms with Crippen LogP contribution in [0, 0.1) is 5.82 Å². The smallest absolute Gasteiger partial charge is 0.312 e. The molecule has 0 saturated carbocycles. The first-order valence-corrected chi connectivity index (χ1v) is 13.5. The molecule has 0 amide bonds. The molecule has 0 fully saturated rings. The highest BCUT2D eigenvalue weighted by atomic mass is 32.1. The minimum atomic E-state index is -0.884. The maximum Gasteiger partial charge on any atom is 0.312 e. The van der Waals surface area contributed by atoms with E-state index in [1.165, 1.54) is 12.1 Å². The van der Waals surface area contributed by atoms with Gasteiger partial charge in [-0.15, -0.1) is 11.3 Å². The van der Waals surface area contributed by atoms with Crippen LogP contribution in [-0.2, 0) is 0 Å². The first-order chi connectivity index (χ1) is 20.0. The number of anilines is 1. The highest BCUT2D eigenvalue weighted by molar-refractivity contribution is 7.21. The number of ketones is 1. The Morgan fingerprint density at radius 1 is 0.902 bits per heavy atom. The van der Waals surface area contributed by atoms with Crippen LogP contribution in [-0.4, -0.2) is 16.0 Å². The number of thiophene rings is 1. The predicted octanol–water partition coefficient (Wildman–Crippen LogP) is 6.07. The quantitative estimate of drug-likeness (QED) is 0.203. The molecule has 3 heterocycles. The lowest BCUT2D eigenvalue weighted by Crippen LogP contribution is -2.39. The number of carbonyl (C=O) groups excluding carboxylic acids is 1. The number of nitrogens with two attached hydrogens (primary N) is 1. The van der Waals surface area contributed by atoms with Crippen molar-refractivity contribution in [2.75, 3.05) is 5.73 Å². The van der Waals surface area contributed by atoms with Crippen LogP contribution in [0.25, 0.3) is 49.1 Å². The van der Waals surface area contributed by atoms with Crippen LogP contribution in [0.4, 0.5) is 10.1 Å². The Hall–Kier alpha value is -5.41. The third kappa shape index (κ3) is 4.11. The van der Waals surface area contributed by atoms with Crippen molar-refractivity contribution in [1.82, 2.24) is 10.3 Å². The van der Waals surface area contributed by atoms with E-state index in [9.17, 15) is 14.3 Å². The average Bonchev–Trinajstić information content (AvgIpc) is 3.56. The summed E-state index contributed by atoms with van der Waals surface area (Å²) < 4.78 is 20.4. The van der Waals surface area contributed by atoms with Gasteiger partial charge in [0.25, 0.3) is 5.78 Å².